The average molecular weight is 503 g/mol. The van der Waals surface area contributed by atoms with Crippen molar-refractivity contribution in [3.05, 3.63) is 92.3 Å². The number of nitro benzene ring substituents is 1. The third kappa shape index (κ3) is 4.75. The van der Waals surface area contributed by atoms with Crippen molar-refractivity contribution >= 4 is 17.4 Å². The summed E-state index contributed by atoms with van der Waals surface area (Å²) in [6.45, 7) is 1.82. The Morgan fingerprint density at radius 2 is 1.76 bits per heavy atom. The zero-order chi connectivity index (χ0) is 26.1. The summed E-state index contributed by atoms with van der Waals surface area (Å²) >= 11 is 0. The lowest BCUT2D eigenvalue weighted by Crippen LogP contribution is -2.36. The molecular formula is C29H30N2O6. The number of allylic oxidation sites excluding steroid dienone is 3. The molecule has 0 unspecified atom stereocenters. The molecule has 1 heterocycles. The SMILES string of the molecule is COc1ccccc1[C@H]1CC(=O)C2=C(C1)NC(C)=C(C(=O)OC1CCCC1)[C@@H]2c1ccc([N+](=O)[O-])cc1. The minimum absolute atomic E-state index is 0.0473. The van der Waals surface area contributed by atoms with Crippen molar-refractivity contribution in [2.24, 2.45) is 0 Å². The fraction of sp³-hybridized carbons (Fsp3) is 0.379. The quantitative estimate of drug-likeness (QED) is 0.318. The lowest BCUT2D eigenvalue weighted by Gasteiger charge is -2.37. The first kappa shape index (κ1) is 24.7. The topological polar surface area (TPSA) is 108 Å². The summed E-state index contributed by atoms with van der Waals surface area (Å²) in [5.74, 6) is -0.498. The van der Waals surface area contributed by atoms with Crippen LogP contribution in [0.3, 0.4) is 0 Å². The van der Waals surface area contributed by atoms with Crippen LogP contribution in [0.5, 0.6) is 5.75 Å². The highest BCUT2D eigenvalue weighted by Crippen LogP contribution is 2.47. The van der Waals surface area contributed by atoms with Crippen LogP contribution in [0.1, 0.15) is 68.4 Å². The lowest BCUT2D eigenvalue weighted by atomic mass is 9.71. The molecule has 2 atom stereocenters. The van der Waals surface area contributed by atoms with Gasteiger partial charge in [-0.3, -0.25) is 14.9 Å². The highest BCUT2D eigenvalue weighted by atomic mass is 16.6. The molecule has 8 nitrogen and oxygen atoms in total. The Balaban J connectivity index is 1.56. The molecule has 5 rings (SSSR count). The number of nitro groups is 1. The van der Waals surface area contributed by atoms with E-state index in [2.05, 4.69) is 5.32 Å². The molecule has 0 saturated heterocycles. The summed E-state index contributed by atoms with van der Waals surface area (Å²) in [4.78, 5) is 38.1. The standard InChI is InChI=1S/C29H30N2O6/c1-17-26(29(33)37-21-7-3-4-8-21)27(18-11-13-20(14-12-18)31(34)35)28-23(30-17)15-19(16-24(28)32)22-9-5-6-10-25(22)36-2/h5-6,9-14,19,21,27,30H,3-4,7-8,15-16H2,1-2H3/t19-,27+/m1/s1. The van der Waals surface area contributed by atoms with Gasteiger partial charge >= 0.3 is 5.97 Å². The van der Waals surface area contributed by atoms with E-state index in [4.69, 9.17) is 9.47 Å². The molecule has 0 radical (unpaired) electrons. The maximum atomic E-state index is 13.8. The van der Waals surface area contributed by atoms with Crippen molar-refractivity contribution in [1.82, 2.24) is 5.32 Å². The summed E-state index contributed by atoms with van der Waals surface area (Å²) in [6.07, 6.45) is 4.44. The average Bonchev–Trinajstić information content (AvgIpc) is 3.40. The van der Waals surface area contributed by atoms with Crippen LogP contribution in [-0.4, -0.2) is 29.9 Å². The Labute approximate surface area is 215 Å². The van der Waals surface area contributed by atoms with E-state index in [1.807, 2.05) is 31.2 Å². The van der Waals surface area contributed by atoms with Crippen LogP contribution in [0.15, 0.2) is 71.1 Å². The van der Waals surface area contributed by atoms with Crippen LogP contribution in [0.4, 0.5) is 5.69 Å². The van der Waals surface area contributed by atoms with E-state index < -0.39 is 16.8 Å². The number of methoxy groups -OCH3 is 1. The van der Waals surface area contributed by atoms with Gasteiger partial charge in [-0.2, -0.15) is 0 Å². The number of nitrogens with zero attached hydrogens (tertiary/aromatic N) is 1. The second-order valence-electron chi connectivity index (χ2n) is 9.92. The Morgan fingerprint density at radius 1 is 1.05 bits per heavy atom. The van der Waals surface area contributed by atoms with Gasteiger partial charge in [-0.15, -0.1) is 0 Å². The number of non-ortho nitro benzene ring substituents is 1. The molecule has 1 fully saturated rings. The zero-order valence-electron chi connectivity index (χ0n) is 21.0. The van der Waals surface area contributed by atoms with Crippen LogP contribution in [0.2, 0.25) is 0 Å². The van der Waals surface area contributed by atoms with Crippen molar-refractivity contribution in [1.29, 1.82) is 0 Å². The summed E-state index contributed by atoms with van der Waals surface area (Å²) in [5.41, 5.74) is 3.90. The van der Waals surface area contributed by atoms with Crippen molar-refractivity contribution in [2.45, 2.75) is 63.4 Å². The third-order valence-corrected chi connectivity index (χ3v) is 7.64. The molecule has 1 aliphatic heterocycles. The normalized spacial score (nSPS) is 21.9. The minimum atomic E-state index is -0.655. The highest BCUT2D eigenvalue weighted by Gasteiger charge is 2.42. The second-order valence-corrected chi connectivity index (χ2v) is 9.92. The predicted octanol–water partition coefficient (Wildman–Crippen LogP) is 5.45. The van der Waals surface area contributed by atoms with Crippen LogP contribution in [-0.2, 0) is 14.3 Å². The Kier molecular flexibility index (Phi) is 6.82. The van der Waals surface area contributed by atoms with Crippen LogP contribution < -0.4 is 10.1 Å². The number of nitrogens with one attached hydrogen (secondary N) is 1. The van der Waals surface area contributed by atoms with Crippen molar-refractivity contribution in [3.63, 3.8) is 0 Å². The number of ether oxygens (including phenoxy) is 2. The Hall–Kier alpha value is -3.94. The minimum Gasteiger partial charge on any atom is -0.496 e. The van der Waals surface area contributed by atoms with E-state index in [1.54, 1.807) is 19.2 Å². The smallest absolute Gasteiger partial charge is 0.337 e. The summed E-state index contributed by atoms with van der Waals surface area (Å²) in [6, 6.07) is 13.8. The summed E-state index contributed by atoms with van der Waals surface area (Å²) in [5, 5.41) is 14.6. The molecule has 3 aliphatic rings. The van der Waals surface area contributed by atoms with Crippen molar-refractivity contribution in [2.75, 3.05) is 7.11 Å². The molecular weight excluding hydrogens is 472 g/mol. The summed E-state index contributed by atoms with van der Waals surface area (Å²) < 4.78 is 11.4. The number of ketones is 1. The third-order valence-electron chi connectivity index (χ3n) is 7.64. The van der Waals surface area contributed by atoms with Gasteiger partial charge in [-0.1, -0.05) is 30.3 Å². The molecule has 0 bridgehead atoms. The van der Waals surface area contributed by atoms with E-state index in [-0.39, 0.29) is 29.9 Å². The number of carbonyl (C=O) groups is 2. The number of dihydropyridines is 1. The monoisotopic (exact) mass is 502 g/mol. The van der Waals surface area contributed by atoms with Crippen LogP contribution >= 0.6 is 0 Å². The molecule has 37 heavy (non-hydrogen) atoms. The zero-order valence-corrected chi connectivity index (χ0v) is 21.0. The van der Waals surface area contributed by atoms with E-state index in [0.29, 0.717) is 28.8 Å². The largest absolute Gasteiger partial charge is 0.496 e. The molecule has 1 saturated carbocycles. The Morgan fingerprint density at radius 3 is 2.43 bits per heavy atom. The molecule has 0 aromatic heterocycles. The van der Waals surface area contributed by atoms with Gasteiger partial charge in [0.2, 0.25) is 0 Å². The number of benzene rings is 2. The van der Waals surface area contributed by atoms with Gasteiger partial charge < -0.3 is 14.8 Å². The van der Waals surface area contributed by atoms with Gasteiger partial charge in [0, 0.05) is 47.4 Å². The number of esters is 1. The van der Waals surface area contributed by atoms with Gasteiger partial charge in [-0.05, 0) is 56.2 Å². The maximum Gasteiger partial charge on any atom is 0.337 e. The van der Waals surface area contributed by atoms with E-state index in [9.17, 15) is 19.7 Å². The number of carbonyl (C=O) groups excluding carboxylic acids is 2. The molecule has 8 heteroatoms. The molecule has 2 aliphatic carbocycles. The first-order chi connectivity index (χ1) is 17.9. The number of rotatable bonds is 6. The number of para-hydroxylation sites is 1. The van der Waals surface area contributed by atoms with Crippen molar-refractivity contribution < 1.29 is 24.0 Å². The first-order valence-corrected chi connectivity index (χ1v) is 12.7. The molecule has 1 N–H and O–H groups in total. The van der Waals surface area contributed by atoms with Gasteiger partial charge in [0.1, 0.15) is 11.9 Å². The van der Waals surface area contributed by atoms with Gasteiger partial charge in [0.05, 0.1) is 17.6 Å². The first-order valence-electron chi connectivity index (χ1n) is 12.7. The predicted molar refractivity (Wildman–Crippen MR) is 137 cm³/mol. The van der Waals surface area contributed by atoms with Crippen LogP contribution in [0, 0.1) is 10.1 Å². The Bertz CT molecular complexity index is 1300. The maximum absolute atomic E-state index is 13.8. The molecule has 2 aromatic rings. The fourth-order valence-electron chi connectivity index (χ4n) is 5.88. The molecule has 0 spiro atoms. The van der Waals surface area contributed by atoms with E-state index >= 15 is 0 Å². The van der Waals surface area contributed by atoms with E-state index in [0.717, 1.165) is 42.7 Å². The number of hydrogen-bond donors (Lipinski definition) is 1. The lowest BCUT2D eigenvalue weighted by molar-refractivity contribution is -0.384. The number of Topliss-reactive ketones (excluding diaryl/α,β-unsaturated/α-hetero) is 1. The van der Waals surface area contributed by atoms with Gasteiger partial charge in [-0.25, -0.2) is 4.79 Å². The van der Waals surface area contributed by atoms with Gasteiger partial charge in [0.15, 0.2) is 5.78 Å². The highest BCUT2D eigenvalue weighted by molar-refractivity contribution is 6.04. The van der Waals surface area contributed by atoms with Gasteiger partial charge in [0.25, 0.3) is 5.69 Å². The fourth-order valence-corrected chi connectivity index (χ4v) is 5.88. The number of hydrogen-bond acceptors (Lipinski definition) is 7. The molecule has 0 amide bonds. The molecule has 2 aromatic carbocycles. The van der Waals surface area contributed by atoms with E-state index in [1.165, 1.54) is 12.1 Å². The summed E-state index contributed by atoms with van der Waals surface area (Å²) in [7, 11) is 1.62. The molecule has 192 valence electrons. The van der Waals surface area contributed by atoms with Crippen molar-refractivity contribution in [3.8, 4) is 5.75 Å². The van der Waals surface area contributed by atoms with Crippen LogP contribution in [0.25, 0.3) is 0 Å². The second kappa shape index (κ2) is 10.2.